The van der Waals surface area contributed by atoms with E-state index in [0.717, 1.165) is 12.1 Å². The molecule has 0 spiro atoms. The van der Waals surface area contributed by atoms with Crippen LogP contribution in [0.5, 0.6) is 11.5 Å². The Labute approximate surface area is 182 Å². The van der Waals surface area contributed by atoms with E-state index in [2.05, 4.69) is 10.4 Å². The van der Waals surface area contributed by atoms with Gasteiger partial charge in [0.15, 0.2) is 0 Å². The standard InChI is InChI=1S/C22H22F3N3O4/c1-28-18(11-17(27-28)16-10-15(31-2)8-9-20(16)32-3)21(30)26-12-19(29)13-4-6-14(7-5-13)22(23,24)25/h4-11,19,29H,12H2,1-3H3,(H,26,30)/t19-/m0/s1. The van der Waals surface area contributed by atoms with Crippen LogP contribution in [-0.4, -0.2) is 41.6 Å². The predicted octanol–water partition coefficient (Wildman–Crippen LogP) is 3.59. The highest BCUT2D eigenvalue weighted by Crippen LogP contribution is 2.33. The zero-order valence-electron chi connectivity index (χ0n) is 17.6. The van der Waals surface area contributed by atoms with Gasteiger partial charge >= 0.3 is 6.18 Å². The largest absolute Gasteiger partial charge is 0.497 e. The predicted molar refractivity (Wildman–Crippen MR) is 110 cm³/mol. The van der Waals surface area contributed by atoms with Gasteiger partial charge < -0.3 is 19.9 Å². The van der Waals surface area contributed by atoms with Crippen molar-refractivity contribution in [3.8, 4) is 22.8 Å². The van der Waals surface area contributed by atoms with Gasteiger partial charge in [0.05, 0.1) is 31.6 Å². The highest BCUT2D eigenvalue weighted by atomic mass is 19.4. The molecule has 7 nitrogen and oxygen atoms in total. The second-order valence-corrected chi connectivity index (χ2v) is 6.95. The van der Waals surface area contributed by atoms with Gasteiger partial charge in [-0.15, -0.1) is 0 Å². The first kappa shape index (κ1) is 23.1. The number of aliphatic hydroxyl groups is 1. The molecule has 0 aliphatic carbocycles. The average molecular weight is 449 g/mol. The summed E-state index contributed by atoms with van der Waals surface area (Å²) in [6.45, 7) is -0.187. The molecule has 0 radical (unpaired) electrons. The van der Waals surface area contributed by atoms with Crippen molar-refractivity contribution in [2.24, 2.45) is 7.05 Å². The van der Waals surface area contributed by atoms with Crippen LogP contribution < -0.4 is 14.8 Å². The van der Waals surface area contributed by atoms with Crippen molar-refractivity contribution in [3.63, 3.8) is 0 Å². The minimum absolute atomic E-state index is 0.187. The SMILES string of the molecule is COc1ccc(OC)c(-c2cc(C(=O)NC[C@H](O)c3ccc(C(F)(F)F)cc3)n(C)n2)c1. The molecule has 2 aromatic carbocycles. The van der Waals surface area contributed by atoms with Gasteiger partial charge in [0.2, 0.25) is 0 Å². The van der Waals surface area contributed by atoms with Crippen molar-refractivity contribution in [1.29, 1.82) is 0 Å². The van der Waals surface area contributed by atoms with E-state index < -0.39 is 23.8 Å². The molecule has 170 valence electrons. The lowest BCUT2D eigenvalue weighted by atomic mass is 10.1. The van der Waals surface area contributed by atoms with E-state index in [1.165, 1.54) is 31.0 Å². The second kappa shape index (κ2) is 9.31. The van der Waals surface area contributed by atoms with Crippen molar-refractivity contribution in [2.75, 3.05) is 20.8 Å². The molecular weight excluding hydrogens is 427 g/mol. The highest BCUT2D eigenvalue weighted by Gasteiger charge is 2.30. The van der Waals surface area contributed by atoms with E-state index in [1.807, 2.05) is 0 Å². The number of halogens is 3. The van der Waals surface area contributed by atoms with Gasteiger partial charge in [-0.3, -0.25) is 9.48 Å². The number of amides is 1. The number of hydrogen-bond donors (Lipinski definition) is 2. The van der Waals surface area contributed by atoms with E-state index >= 15 is 0 Å². The van der Waals surface area contributed by atoms with Crippen LogP contribution in [-0.2, 0) is 13.2 Å². The van der Waals surface area contributed by atoms with Crippen molar-refractivity contribution >= 4 is 5.91 Å². The van der Waals surface area contributed by atoms with E-state index in [4.69, 9.17) is 9.47 Å². The van der Waals surface area contributed by atoms with Gasteiger partial charge in [0, 0.05) is 19.2 Å². The summed E-state index contributed by atoms with van der Waals surface area (Å²) in [5, 5.41) is 17.2. The van der Waals surface area contributed by atoms with Gasteiger partial charge in [-0.25, -0.2) is 0 Å². The minimum atomic E-state index is -4.46. The molecule has 0 saturated heterocycles. The normalized spacial score (nSPS) is 12.3. The lowest BCUT2D eigenvalue weighted by Gasteiger charge is -2.13. The molecule has 3 aromatic rings. The van der Waals surface area contributed by atoms with E-state index in [-0.39, 0.29) is 17.8 Å². The van der Waals surface area contributed by atoms with Crippen LogP contribution in [0.25, 0.3) is 11.3 Å². The molecule has 0 aliphatic heterocycles. The van der Waals surface area contributed by atoms with E-state index in [1.54, 1.807) is 31.3 Å². The number of aromatic nitrogens is 2. The number of methoxy groups -OCH3 is 2. The Morgan fingerprint density at radius 2 is 1.81 bits per heavy atom. The third-order valence-corrected chi connectivity index (χ3v) is 4.87. The smallest absolute Gasteiger partial charge is 0.416 e. The first-order valence-corrected chi connectivity index (χ1v) is 9.54. The molecule has 0 unspecified atom stereocenters. The number of aliphatic hydroxyl groups excluding tert-OH is 1. The van der Waals surface area contributed by atoms with Gasteiger partial charge in [0.1, 0.15) is 17.2 Å². The number of carbonyl (C=O) groups excluding carboxylic acids is 1. The van der Waals surface area contributed by atoms with Gasteiger partial charge in [-0.2, -0.15) is 18.3 Å². The van der Waals surface area contributed by atoms with Crippen molar-refractivity contribution in [3.05, 3.63) is 65.4 Å². The summed E-state index contributed by atoms with van der Waals surface area (Å²) in [5.74, 6) is 0.643. The number of benzene rings is 2. The van der Waals surface area contributed by atoms with Crippen molar-refractivity contribution in [2.45, 2.75) is 12.3 Å². The molecule has 1 aromatic heterocycles. The van der Waals surface area contributed by atoms with Crippen LogP contribution in [0, 0.1) is 0 Å². The molecular formula is C22H22F3N3O4. The summed E-state index contributed by atoms with van der Waals surface area (Å²) in [6, 6.07) is 10.9. The Bertz CT molecular complexity index is 1090. The molecule has 0 aliphatic rings. The maximum atomic E-state index is 12.7. The fourth-order valence-corrected chi connectivity index (χ4v) is 3.12. The first-order chi connectivity index (χ1) is 15.1. The Hall–Kier alpha value is -3.53. The summed E-state index contributed by atoms with van der Waals surface area (Å²) < 4.78 is 50.0. The fourth-order valence-electron chi connectivity index (χ4n) is 3.12. The topological polar surface area (TPSA) is 85.6 Å². The number of hydrogen-bond acceptors (Lipinski definition) is 5. The van der Waals surface area contributed by atoms with Gasteiger partial charge in [-0.1, -0.05) is 12.1 Å². The third kappa shape index (κ3) is 5.02. The summed E-state index contributed by atoms with van der Waals surface area (Å²) in [6.07, 6.45) is -5.63. The van der Waals surface area contributed by atoms with Crippen LogP contribution in [0.2, 0.25) is 0 Å². The minimum Gasteiger partial charge on any atom is -0.497 e. The molecule has 2 N–H and O–H groups in total. The number of alkyl halides is 3. The van der Waals surface area contributed by atoms with E-state index in [0.29, 0.717) is 22.8 Å². The van der Waals surface area contributed by atoms with Crippen molar-refractivity contribution < 1.29 is 32.5 Å². The summed E-state index contributed by atoms with van der Waals surface area (Å²) in [4.78, 5) is 12.6. The maximum Gasteiger partial charge on any atom is 0.416 e. The molecule has 10 heteroatoms. The highest BCUT2D eigenvalue weighted by molar-refractivity contribution is 5.94. The van der Waals surface area contributed by atoms with Crippen LogP contribution in [0.3, 0.4) is 0 Å². The van der Waals surface area contributed by atoms with Crippen molar-refractivity contribution in [1.82, 2.24) is 15.1 Å². The monoisotopic (exact) mass is 449 g/mol. The molecule has 1 amide bonds. The lowest BCUT2D eigenvalue weighted by molar-refractivity contribution is -0.137. The first-order valence-electron chi connectivity index (χ1n) is 9.54. The number of aryl methyl sites for hydroxylation is 1. The summed E-state index contributed by atoms with van der Waals surface area (Å²) in [5.41, 5.74) is 0.783. The Kier molecular flexibility index (Phi) is 6.73. The molecule has 0 bridgehead atoms. The zero-order chi connectivity index (χ0) is 23.5. The van der Waals surface area contributed by atoms with Gasteiger partial charge in [-0.05, 0) is 42.0 Å². The number of nitrogens with one attached hydrogen (secondary N) is 1. The maximum absolute atomic E-state index is 12.7. The molecule has 32 heavy (non-hydrogen) atoms. The molecule has 1 atom stereocenters. The Balaban J connectivity index is 1.72. The van der Waals surface area contributed by atoms with Crippen LogP contribution in [0.15, 0.2) is 48.5 Å². The number of ether oxygens (including phenoxy) is 2. The quantitative estimate of drug-likeness (QED) is 0.576. The molecule has 0 fully saturated rings. The average Bonchev–Trinajstić information content (AvgIpc) is 3.17. The number of nitrogens with zero attached hydrogens (tertiary/aromatic N) is 2. The van der Waals surface area contributed by atoms with Gasteiger partial charge in [0.25, 0.3) is 5.91 Å². The molecule has 3 rings (SSSR count). The Morgan fingerprint density at radius 3 is 2.41 bits per heavy atom. The fraction of sp³-hybridized carbons (Fsp3) is 0.273. The summed E-state index contributed by atoms with van der Waals surface area (Å²) in [7, 11) is 4.65. The lowest BCUT2D eigenvalue weighted by Crippen LogP contribution is -2.29. The van der Waals surface area contributed by atoms with Crippen LogP contribution in [0.4, 0.5) is 13.2 Å². The molecule has 1 heterocycles. The van der Waals surface area contributed by atoms with Crippen LogP contribution in [0.1, 0.15) is 27.7 Å². The number of rotatable bonds is 7. The number of carbonyl (C=O) groups is 1. The third-order valence-electron chi connectivity index (χ3n) is 4.87. The Morgan fingerprint density at radius 1 is 1.12 bits per heavy atom. The molecule has 0 saturated carbocycles. The second-order valence-electron chi connectivity index (χ2n) is 6.95. The summed E-state index contributed by atoms with van der Waals surface area (Å²) >= 11 is 0. The van der Waals surface area contributed by atoms with E-state index in [9.17, 15) is 23.1 Å². The van der Waals surface area contributed by atoms with Crippen LogP contribution >= 0.6 is 0 Å². The zero-order valence-corrected chi connectivity index (χ0v) is 17.6.